The number of hydrogen-bond acceptors (Lipinski definition) is 4. The van der Waals surface area contributed by atoms with E-state index in [1.54, 1.807) is 26.0 Å². The van der Waals surface area contributed by atoms with Gasteiger partial charge in [-0.1, -0.05) is 13.0 Å². The van der Waals surface area contributed by atoms with Gasteiger partial charge < -0.3 is 15.0 Å². The first kappa shape index (κ1) is 16.4. The molecule has 0 aliphatic heterocycles. The van der Waals surface area contributed by atoms with Gasteiger partial charge >= 0.3 is 5.97 Å². The average molecular weight is 282 g/mol. The smallest absolute Gasteiger partial charge is 0.327 e. The molecular formula is C15H23FN2O2. The van der Waals surface area contributed by atoms with Crippen molar-refractivity contribution in [3.8, 4) is 0 Å². The molecule has 20 heavy (non-hydrogen) atoms. The molecule has 0 radical (unpaired) electrons. The third-order valence-electron chi connectivity index (χ3n) is 3.10. The molecule has 0 spiro atoms. The van der Waals surface area contributed by atoms with Crippen molar-refractivity contribution in [2.45, 2.75) is 26.3 Å². The van der Waals surface area contributed by atoms with Crippen molar-refractivity contribution in [1.29, 1.82) is 0 Å². The normalized spacial score (nSPS) is 13.7. The maximum absolute atomic E-state index is 13.3. The van der Waals surface area contributed by atoms with Crippen molar-refractivity contribution >= 4 is 11.7 Å². The minimum absolute atomic E-state index is 0.296. The van der Waals surface area contributed by atoms with Gasteiger partial charge in [0.05, 0.1) is 6.61 Å². The minimum Gasteiger partial charge on any atom is -0.465 e. The molecule has 1 N–H and O–H groups in total. The maximum Gasteiger partial charge on any atom is 0.327 e. The standard InChI is InChI=1S/C15H23FN2O2/c1-5-17-15(3,14(19)20-6-2)11-18(4)13-9-7-8-12(16)10-13/h7-10,17H,5-6,11H2,1-4H3. The van der Waals surface area contributed by atoms with Crippen LogP contribution in [0.15, 0.2) is 24.3 Å². The zero-order valence-corrected chi connectivity index (χ0v) is 12.6. The van der Waals surface area contributed by atoms with Crippen LogP contribution in [0.25, 0.3) is 0 Å². The Kier molecular flexibility index (Phi) is 5.95. The third-order valence-corrected chi connectivity index (χ3v) is 3.10. The van der Waals surface area contributed by atoms with Gasteiger partial charge in [-0.15, -0.1) is 0 Å². The molecule has 0 amide bonds. The molecule has 1 aromatic carbocycles. The van der Waals surface area contributed by atoms with Crippen molar-refractivity contribution in [3.63, 3.8) is 0 Å². The second-order valence-electron chi connectivity index (χ2n) is 4.92. The van der Waals surface area contributed by atoms with Crippen LogP contribution in [0.5, 0.6) is 0 Å². The molecule has 0 aliphatic carbocycles. The second kappa shape index (κ2) is 7.24. The van der Waals surface area contributed by atoms with Gasteiger partial charge in [-0.2, -0.15) is 0 Å². The number of esters is 1. The summed E-state index contributed by atoms with van der Waals surface area (Å²) in [6.45, 7) is 6.88. The fraction of sp³-hybridized carbons (Fsp3) is 0.533. The summed E-state index contributed by atoms with van der Waals surface area (Å²) in [4.78, 5) is 13.9. The number of hydrogen-bond donors (Lipinski definition) is 1. The zero-order chi connectivity index (χ0) is 15.2. The maximum atomic E-state index is 13.3. The van der Waals surface area contributed by atoms with Gasteiger partial charge in [0, 0.05) is 19.3 Å². The monoisotopic (exact) mass is 282 g/mol. The van der Waals surface area contributed by atoms with Gasteiger partial charge in [-0.3, -0.25) is 0 Å². The molecule has 0 saturated carbocycles. The molecule has 0 bridgehead atoms. The summed E-state index contributed by atoms with van der Waals surface area (Å²) in [5.74, 6) is -0.597. The minimum atomic E-state index is -0.828. The van der Waals surface area contributed by atoms with Crippen molar-refractivity contribution < 1.29 is 13.9 Å². The first-order valence-corrected chi connectivity index (χ1v) is 6.82. The van der Waals surface area contributed by atoms with Gasteiger partial charge in [0.1, 0.15) is 11.4 Å². The first-order valence-electron chi connectivity index (χ1n) is 6.82. The number of rotatable bonds is 7. The van der Waals surface area contributed by atoms with E-state index in [4.69, 9.17) is 4.74 Å². The second-order valence-corrected chi connectivity index (χ2v) is 4.92. The largest absolute Gasteiger partial charge is 0.465 e. The van der Waals surface area contributed by atoms with Crippen LogP contribution in [0.2, 0.25) is 0 Å². The summed E-state index contributed by atoms with van der Waals surface area (Å²) < 4.78 is 18.4. The number of nitrogens with zero attached hydrogens (tertiary/aromatic N) is 1. The number of ether oxygens (including phenoxy) is 1. The highest BCUT2D eigenvalue weighted by atomic mass is 19.1. The van der Waals surface area contributed by atoms with Gasteiger partial charge in [-0.25, -0.2) is 9.18 Å². The Morgan fingerprint density at radius 2 is 2.15 bits per heavy atom. The van der Waals surface area contributed by atoms with E-state index in [-0.39, 0.29) is 11.8 Å². The number of halogens is 1. The van der Waals surface area contributed by atoms with Crippen LogP contribution in [-0.4, -0.2) is 38.3 Å². The summed E-state index contributed by atoms with van der Waals surface area (Å²) in [5.41, 5.74) is -0.107. The number of carbonyl (C=O) groups is 1. The average Bonchev–Trinajstić information content (AvgIpc) is 2.39. The third kappa shape index (κ3) is 4.20. The molecular weight excluding hydrogens is 259 g/mol. The molecule has 0 saturated heterocycles. The van der Waals surface area contributed by atoms with Crippen molar-refractivity contribution in [2.24, 2.45) is 0 Å². The number of benzene rings is 1. The number of anilines is 1. The molecule has 0 fully saturated rings. The summed E-state index contributed by atoms with van der Waals surface area (Å²) in [5, 5.41) is 3.15. The Labute approximate surface area is 119 Å². The Morgan fingerprint density at radius 1 is 1.45 bits per heavy atom. The Balaban J connectivity index is 2.86. The molecule has 5 heteroatoms. The lowest BCUT2D eigenvalue weighted by Crippen LogP contribution is -2.57. The van der Waals surface area contributed by atoms with Crippen molar-refractivity contribution in [3.05, 3.63) is 30.1 Å². The van der Waals surface area contributed by atoms with Crippen molar-refractivity contribution in [2.75, 3.05) is 31.6 Å². The Hall–Kier alpha value is -1.62. The van der Waals surface area contributed by atoms with Crippen LogP contribution in [0.4, 0.5) is 10.1 Å². The quantitative estimate of drug-likeness (QED) is 0.778. The van der Waals surface area contributed by atoms with Crippen LogP contribution in [0.1, 0.15) is 20.8 Å². The fourth-order valence-corrected chi connectivity index (χ4v) is 2.15. The highest BCUT2D eigenvalue weighted by Gasteiger charge is 2.35. The van der Waals surface area contributed by atoms with E-state index >= 15 is 0 Å². The van der Waals surface area contributed by atoms with E-state index in [0.717, 1.165) is 5.69 Å². The van der Waals surface area contributed by atoms with E-state index < -0.39 is 5.54 Å². The molecule has 1 unspecified atom stereocenters. The lowest BCUT2D eigenvalue weighted by molar-refractivity contribution is -0.150. The van der Waals surface area contributed by atoms with E-state index in [2.05, 4.69) is 5.32 Å². The number of carbonyl (C=O) groups excluding carboxylic acids is 1. The summed E-state index contributed by atoms with van der Waals surface area (Å²) in [6, 6.07) is 6.29. The van der Waals surface area contributed by atoms with Gasteiger partial charge in [0.25, 0.3) is 0 Å². The number of likely N-dealkylation sites (N-methyl/N-ethyl adjacent to an activating group) is 2. The van der Waals surface area contributed by atoms with E-state index in [1.807, 2.05) is 18.9 Å². The molecule has 1 atom stereocenters. The van der Waals surface area contributed by atoms with Crippen molar-refractivity contribution in [1.82, 2.24) is 5.32 Å². The fourth-order valence-electron chi connectivity index (χ4n) is 2.15. The van der Waals surface area contributed by atoms with Crippen LogP contribution in [-0.2, 0) is 9.53 Å². The lowest BCUT2D eigenvalue weighted by atomic mass is 10.0. The summed E-state index contributed by atoms with van der Waals surface area (Å²) in [7, 11) is 1.82. The highest BCUT2D eigenvalue weighted by molar-refractivity contribution is 5.81. The molecule has 0 aliphatic rings. The molecule has 112 valence electrons. The SMILES string of the molecule is CCNC(C)(CN(C)c1cccc(F)c1)C(=O)OCC. The van der Waals surface area contributed by atoms with Gasteiger partial charge in [0.15, 0.2) is 0 Å². The molecule has 1 aromatic rings. The van der Waals surface area contributed by atoms with E-state index in [1.165, 1.54) is 12.1 Å². The van der Waals surface area contributed by atoms with Crippen LogP contribution >= 0.6 is 0 Å². The van der Waals surface area contributed by atoms with Gasteiger partial charge in [-0.05, 0) is 38.6 Å². The van der Waals surface area contributed by atoms with E-state index in [0.29, 0.717) is 19.7 Å². The highest BCUT2D eigenvalue weighted by Crippen LogP contribution is 2.18. The van der Waals surface area contributed by atoms with Crippen LogP contribution < -0.4 is 10.2 Å². The Morgan fingerprint density at radius 3 is 2.70 bits per heavy atom. The van der Waals surface area contributed by atoms with Crippen LogP contribution in [0, 0.1) is 5.82 Å². The van der Waals surface area contributed by atoms with Gasteiger partial charge in [0.2, 0.25) is 0 Å². The number of nitrogens with one attached hydrogen (secondary N) is 1. The topological polar surface area (TPSA) is 41.6 Å². The predicted molar refractivity (Wildman–Crippen MR) is 78.4 cm³/mol. The zero-order valence-electron chi connectivity index (χ0n) is 12.6. The van der Waals surface area contributed by atoms with E-state index in [9.17, 15) is 9.18 Å². The molecule has 1 rings (SSSR count). The first-order chi connectivity index (χ1) is 9.42. The Bertz CT molecular complexity index is 453. The molecule has 0 aromatic heterocycles. The molecule has 4 nitrogen and oxygen atoms in total. The molecule has 0 heterocycles. The summed E-state index contributed by atoms with van der Waals surface area (Å²) >= 11 is 0. The summed E-state index contributed by atoms with van der Waals surface area (Å²) in [6.07, 6.45) is 0. The predicted octanol–water partition coefficient (Wildman–Crippen LogP) is 2.19. The lowest BCUT2D eigenvalue weighted by Gasteiger charge is -2.33. The van der Waals surface area contributed by atoms with Crippen LogP contribution in [0.3, 0.4) is 0 Å².